The summed E-state index contributed by atoms with van der Waals surface area (Å²) in [5, 5.41) is 10.9. The van der Waals surface area contributed by atoms with Gasteiger partial charge in [-0.1, -0.05) is 20.8 Å². The van der Waals surface area contributed by atoms with Crippen LogP contribution in [0, 0.1) is 0 Å². The van der Waals surface area contributed by atoms with Gasteiger partial charge in [0.15, 0.2) is 0 Å². The first-order valence-corrected chi connectivity index (χ1v) is 5.82. The molecule has 17 heavy (non-hydrogen) atoms. The highest BCUT2D eigenvalue weighted by atomic mass is 16.4. The van der Waals surface area contributed by atoms with Crippen molar-refractivity contribution in [3.63, 3.8) is 0 Å². The summed E-state index contributed by atoms with van der Waals surface area (Å²) in [5.41, 5.74) is -0.227. The Morgan fingerprint density at radius 1 is 1.29 bits per heavy atom. The molecule has 1 saturated heterocycles. The highest BCUT2D eigenvalue weighted by molar-refractivity contribution is 5.89. The highest BCUT2D eigenvalue weighted by Crippen LogP contribution is 2.20. The Morgan fingerprint density at radius 2 is 1.94 bits per heavy atom. The van der Waals surface area contributed by atoms with Crippen LogP contribution in [0.5, 0.6) is 0 Å². The van der Waals surface area contributed by atoms with Crippen molar-refractivity contribution in [2.45, 2.75) is 26.2 Å². The first-order chi connectivity index (χ1) is 7.98. The van der Waals surface area contributed by atoms with E-state index < -0.39 is 0 Å². The lowest BCUT2D eigenvalue weighted by molar-refractivity contribution is 0.0692. The molecular formula is C11H18N4O2. The minimum atomic E-state index is -0.227. The molecule has 2 rings (SSSR count). The first-order valence-electron chi connectivity index (χ1n) is 5.82. The minimum absolute atomic E-state index is 0.0943. The Kier molecular flexibility index (Phi) is 3.15. The Morgan fingerprint density at radius 3 is 2.47 bits per heavy atom. The van der Waals surface area contributed by atoms with Gasteiger partial charge in [-0.25, -0.2) is 0 Å². The molecule has 94 valence electrons. The second-order valence-corrected chi connectivity index (χ2v) is 5.20. The number of carbonyl (C=O) groups is 1. The molecule has 1 aromatic rings. The van der Waals surface area contributed by atoms with Crippen molar-refractivity contribution in [3.05, 3.63) is 11.8 Å². The van der Waals surface area contributed by atoms with Gasteiger partial charge in [0.1, 0.15) is 0 Å². The maximum absolute atomic E-state index is 12.0. The summed E-state index contributed by atoms with van der Waals surface area (Å²) in [6.07, 6.45) is 0. The molecule has 1 aromatic heterocycles. The van der Waals surface area contributed by atoms with E-state index in [9.17, 15) is 4.79 Å². The average molecular weight is 238 g/mol. The van der Waals surface area contributed by atoms with E-state index in [1.165, 1.54) is 0 Å². The Bertz CT molecular complexity index is 402. The molecule has 1 fully saturated rings. The predicted molar refractivity (Wildman–Crippen MR) is 61.8 cm³/mol. The summed E-state index contributed by atoms with van der Waals surface area (Å²) < 4.78 is 5.43. The number of amides is 1. The van der Waals surface area contributed by atoms with Crippen LogP contribution in [-0.2, 0) is 5.41 Å². The number of piperazine rings is 1. The molecule has 0 unspecified atom stereocenters. The van der Waals surface area contributed by atoms with Gasteiger partial charge in [-0.2, -0.15) is 0 Å². The third kappa shape index (κ3) is 2.63. The predicted octanol–water partition coefficient (Wildman–Crippen LogP) is 0.413. The summed E-state index contributed by atoms with van der Waals surface area (Å²) in [5.74, 6) is 0.419. The summed E-state index contributed by atoms with van der Waals surface area (Å²) in [7, 11) is 0. The van der Waals surface area contributed by atoms with Gasteiger partial charge >= 0.3 is 11.8 Å². The number of carbonyl (C=O) groups excluding carboxylic acids is 1. The molecule has 0 aliphatic carbocycles. The normalized spacial score (nSPS) is 17.2. The fraction of sp³-hybridized carbons (Fsp3) is 0.727. The van der Waals surface area contributed by atoms with Crippen molar-refractivity contribution in [2.75, 3.05) is 26.2 Å². The number of rotatable bonds is 1. The van der Waals surface area contributed by atoms with Crippen molar-refractivity contribution in [1.82, 2.24) is 20.4 Å². The zero-order chi connectivity index (χ0) is 12.5. The van der Waals surface area contributed by atoms with Gasteiger partial charge < -0.3 is 14.6 Å². The number of nitrogens with zero attached hydrogens (tertiary/aromatic N) is 3. The molecule has 0 atom stereocenters. The fourth-order valence-corrected chi connectivity index (χ4v) is 1.62. The number of aromatic nitrogens is 2. The second-order valence-electron chi connectivity index (χ2n) is 5.20. The van der Waals surface area contributed by atoms with E-state index >= 15 is 0 Å². The van der Waals surface area contributed by atoms with Crippen LogP contribution < -0.4 is 5.32 Å². The molecule has 6 nitrogen and oxygen atoms in total. The van der Waals surface area contributed by atoms with Crippen LogP contribution in [0.2, 0.25) is 0 Å². The summed E-state index contributed by atoms with van der Waals surface area (Å²) in [6, 6.07) is 0. The van der Waals surface area contributed by atoms with Crippen LogP contribution >= 0.6 is 0 Å². The van der Waals surface area contributed by atoms with E-state index in [1.54, 1.807) is 4.90 Å². The smallest absolute Gasteiger partial charge is 0.311 e. The molecule has 1 aliphatic rings. The van der Waals surface area contributed by atoms with E-state index in [4.69, 9.17) is 4.42 Å². The maximum Gasteiger partial charge on any atom is 0.311 e. The third-order valence-electron chi connectivity index (χ3n) is 2.65. The standard InChI is InChI=1S/C11H18N4O2/c1-11(2,3)10-14-13-8(17-10)9(16)15-6-4-12-5-7-15/h12H,4-7H2,1-3H3. The van der Waals surface area contributed by atoms with Crippen LogP contribution in [0.3, 0.4) is 0 Å². The minimum Gasteiger partial charge on any atom is -0.416 e. The summed E-state index contributed by atoms with van der Waals surface area (Å²) in [6.45, 7) is 8.91. The van der Waals surface area contributed by atoms with Crippen LogP contribution in [0.15, 0.2) is 4.42 Å². The monoisotopic (exact) mass is 238 g/mol. The van der Waals surface area contributed by atoms with Crippen LogP contribution in [0.25, 0.3) is 0 Å². The fourth-order valence-electron chi connectivity index (χ4n) is 1.62. The maximum atomic E-state index is 12.0. The lowest BCUT2D eigenvalue weighted by Gasteiger charge is -2.25. The molecule has 0 aromatic carbocycles. The molecule has 1 N–H and O–H groups in total. The number of hydrogen-bond acceptors (Lipinski definition) is 5. The molecule has 0 radical (unpaired) electrons. The molecule has 1 amide bonds. The van der Waals surface area contributed by atoms with Gasteiger partial charge in [-0.05, 0) is 0 Å². The number of nitrogens with one attached hydrogen (secondary N) is 1. The van der Waals surface area contributed by atoms with E-state index in [-0.39, 0.29) is 17.2 Å². The average Bonchev–Trinajstić information content (AvgIpc) is 2.78. The SMILES string of the molecule is CC(C)(C)c1nnc(C(=O)N2CCNCC2)o1. The van der Waals surface area contributed by atoms with Crippen LogP contribution in [0.4, 0.5) is 0 Å². The first kappa shape index (κ1) is 12.0. The van der Waals surface area contributed by atoms with Crippen LogP contribution in [-0.4, -0.2) is 47.2 Å². The topological polar surface area (TPSA) is 71.3 Å². The van der Waals surface area contributed by atoms with Gasteiger partial charge in [0.05, 0.1) is 0 Å². The Labute approximate surface area is 100 Å². The van der Waals surface area contributed by atoms with Crippen molar-refractivity contribution in [1.29, 1.82) is 0 Å². The lowest BCUT2D eigenvalue weighted by Crippen LogP contribution is -2.46. The Hall–Kier alpha value is -1.43. The Balaban J connectivity index is 2.11. The van der Waals surface area contributed by atoms with Gasteiger partial charge in [-0.15, -0.1) is 10.2 Å². The van der Waals surface area contributed by atoms with Gasteiger partial charge in [0.25, 0.3) is 0 Å². The van der Waals surface area contributed by atoms with Crippen molar-refractivity contribution >= 4 is 5.91 Å². The second kappa shape index (κ2) is 4.44. The third-order valence-corrected chi connectivity index (χ3v) is 2.65. The molecule has 0 saturated carbocycles. The van der Waals surface area contributed by atoms with E-state index in [2.05, 4.69) is 15.5 Å². The quantitative estimate of drug-likeness (QED) is 0.767. The molecule has 6 heteroatoms. The zero-order valence-corrected chi connectivity index (χ0v) is 10.5. The lowest BCUT2D eigenvalue weighted by atomic mass is 9.97. The van der Waals surface area contributed by atoms with Crippen molar-refractivity contribution in [3.8, 4) is 0 Å². The van der Waals surface area contributed by atoms with Crippen LogP contribution in [0.1, 0.15) is 37.3 Å². The van der Waals surface area contributed by atoms with Crippen molar-refractivity contribution < 1.29 is 9.21 Å². The van der Waals surface area contributed by atoms with Crippen molar-refractivity contribution in [2.24, 2.45) is 0 Å². The van der Waals surface area contributed by atoms with Gasteiger partial charge in [0.2, 0.25) is 5.89 Å². The van der Waals surface area contributed by atoms with Gasteiger partial charge in [0, 0.05) is 31.6 Å². The molecule has 2 heterocycles. The van der Waals surface area contributed by atoms with E-state index in [0.29, 0.717) is 19.0 Å². The number of hydrogen-bond donors (Lipinski definition) is 1. The molecule has 0 bridgehead atoms. The molecular weight excluding hydrogens is 220 g/mol. The van der Waals surface area contributed by atoms with Gasteiger partial charge in [-0.3, -0.25) is 4.79 Å². The molecule has 1 aliphatic heterocycles. The summed E-state index contributed by atoms with van der Waals surface area (Å²) in [4.78, 5) is 13.8. The van der Waals surface area contributed by atoms with E-state index in [0.717, 1.165) is 13.1 Å². The molecule has 0 spiro atoms. The largest absolute Gasteiger partial charge is 0.416 e. The zero-order valence-electron chi connectivity index (χ0n) is 10.5. The van der Waals surface area contributed by atoms with E-state index in [1.807, 2.05) is 20.8 Å². The highest BCUT2D eigenvalue weighted by Gasteiger charge is 2.27. The summed E-state index contributed by atoms with van der Waals surface area (Å²) >= 11 is 0.